The van der Waals surface area contributed by atoms with E-state index in [0.717, 1.165) is 33.3 Å². The van der Waals surface area contributed by atoms with E-state index in [9.17, 15) is 8.78 Å². The summed E-state index contributed by atoms with van der Waals surface area (Å²) in [4.78, 5) is 14.0. The predicted molar refractivity (Wildman–Crippen MR) is 89.4 cm³/mol. The summed E-state index contributed by atoms with van der Waals surface area (Å²) in [6.45, 7) is 0. The van der Waals surface area contributed by atoms with Crippen molar-refractivity contribution in [3.8, 4) is 21.8 Å². The molecule has 0 aliphatic carbocycles. The lowest BCUT2D eigenvalue weighted by Gasteiger charge is -2.05. The van der Waals surface area contributed by atoms with Gasteiger partial charge in [0.1, 0.15) is 34.3 Å². The first-order valence-corrected chi connectivity index (χ1v) is 7.83. The molecule has 24 heavy (non-hydrogen) atoms. The lowest BCUT2D eigenvalue weighted by atomic mass is 10.1. The Labute approximate surface area is 139 Å². The summed E-state index contributed by atoms with van der Waals surface area (Å²) in [5.74, 6) is -0.672. The molecule has 4 rings (SSSR count). The Morgan fingerprint density at radius 1 is 1.12 bits per heavy atom. The third-order valence-electron chi connectivity index (χ3n) is 3.71. The second-order valence-electron chi connectivity index (χ2n) is 5.27. The van der Waals surface area contributed by atoms with Crippen molar-refractivity contribution in [1.82, 2.24) is 19.5 Å². The van der Waals surface area contributed by atoms with Gasteiger partial charge in [-0.2, -0.15) is 0 Å². The van der Waals surface area contributed by atoms with Crippen LogP contribution >= 0.6 is 11.3 Å². The summed E-state index contributed by atoms with van der Waals surface area (Å²) >= 11 is 1.39. The Morgan fingerprint density at radius 2 is 1.96 bits per heavy atom. The molecule has 0 atom stereocenters. The molecule has 120 valence electrons. The zero-order valence-electron chi connectivity index (χ0n) is 12.5. The molecule has 0 bridgehead atoms. The third-order valence-corrected chi connectivity index (χ3v) is 4.76. The van der Waals surface area contributed by atoms with Gasteiger partial charge in [-0.1, -0.05) is 0 Å². The molecule has 0 amide bonds. The van der Waals surface area contributed by atoms with Gasteiger partial charge in [0.25, 0.3) is 0 Å². The maximum Gasteiger partial charge on any atom is 0.135 e. The first-order valence-electron chi connectivity index (χ1n) is 7.01. The molecule has 4 aromatic rings. The number of aromatic nitrogens is 4. The van der Waals surface area contributed by atoms with Crippen LogP contribution in [0.1, 0.15) is 0 Å². The number of thiophene rings is 1. The van der Waals surface area contributed by atoms with Gasteiger partial charge in [-0.05, 0) is 24.3 Å². The number of fused-ring (bicyclic) bond motifs is 1. The maximum absolute atomic E-state index is 14.2. The molecule has 0 aliphatic rings. The van der Waals surface area contributed by atoms with E-state index >= 15 is 0 Å². The Balaban J connectivity index is 1.97. The summed E-state index contributed by atoms with van der Waals surface area (Å²) < 4.78 is 29.5. The van der Waals surface area contributed by atoms with Crippen molar-refractivity contribution >= 4 is 27.4 Å². The summed E-state index contributed by atoms with van der Waals surface area (Å²) in [6.07, 6.45) is 2.96. The van der Waals surface area contributed by atoms with Gasteiger partial charge in [-0.3, -0.25) is 0 Å². The van der Waals surface area contributed by atoms with Gasteiger partial charge in [-0.25, -0.2) is 23.7 Å². The van der Waals surface area contributed by atoms with Crippen LogP contribution in [0.2, 0.25) is 0 Å². The Kier molecular flexibility index (Phi) is 3.27. The molecule has 2 N–H and O–H groups in total. The number of aryl methyl sites for hydroxylation is 1. The summed E-state index contributed by atoms with van der Waals surface area (Å²) in [6, 6.07) is 5.16. The van der Waals surface area contributed by atoms with Crippen LogP contribution in [-0.4, -0.2) is 19.5 Å². The van der Waals surface area contributed by atoms with Crippen LogP contribution in [0, 0.1) is 11.6 Å². The average molecular weight is 343 g/mol. The van der Waals surface area contributed by atoms with Crippen molar-refractivity contribution in [3.63, 3.8) is 0 Å². The molecule has 8 heteroatoms. The van der Waals surface area contributed by atoms with Gasteiger partial charge >= 0.3 is 0 Å². The van der Waals surface area contributed by atoms with Gasteiger partial charge in [0, 0.05) is 12.6 Å². The summed E-state index contributed by atoms with van der Waals surface area (Å²) in [5, 5.41) is 0.726. The molecule has 0 spiro atoms. The first kappa shape index (κ1) is 14.7. The van der Waals surface area contributed by atoms with E-state index in [0.29, 0.717) is 17.2 Å². The normalized spacial score (nSPS) is 11.3. The van der Waals surface area contributed by atoms with Crippen molar-refractivity contribution < 1.29 is 8.78 Å². The molecule has 1 aromatic carbocycles. The fourth-order valence-corrected chi connectivity index (χ4v) is 3.68. The van der Waals surface area contributed by atoms with Gasteiger partial charge in [0.15, 0.2) is 0 Å². The van der Waals surface area contributed by atoms with Crippen LogP contribution in [0.15, 0.2) is 36.9 Å². The third kappa shape index (κ3) is 2.23. The number of nitrogens with zero attached hydrogens (tertiary/aromatic N) is 4. The van der Waals surface area contributed by atoms with Crippen molar-refractivity contribution in [2.45, 2.75) is 0 Å². The van der Waals surface area contributed by atoms with Gasteiger partial charge < -0.3 is 10.3 Å². The number of halogens is 2. The molecular weight excluding hydrogens is 332 g/mol. The number of rotatable bonds is 2. The molecule has 3 aromatic heterocycles. The van der Waals surface area contributed by atoms with Crippen molar-refractivity contribution in [1.29, 1.82) is 0 Å². The molecule has 0 unspecified atom stereocenters. The lowest BCUT2D eigenvalue weighted by molar-refractivity contribution is 0.603. The van der Waals surface area contributed by atoms with E-state index in [1.165, 1.54) is 17.7 Å². The second-order valence-corrected chi connectivity index (χ2v) is 6.30. The number of nitrogen functional groups attached to an aromatic ring is 1. The van der Waals surface area contributed by atoms with Crippen molar-refractivity contribution in [3.05, 3.63) is 48.6 Å². The number of imidazole rings is 1. The second kappa shape index (κ2) is 5.34. The summed E-state index contributed by atoms with van der Waals surface area (Å²) in [5.41, 5.74) is 7.03. The standard InChI is InChI=1S/C16H11F2N5S/c1-23-7-22-13(9-4-8(17)2-3-11(9)18)14(23)12-5-10-15(19)20-6-21-16(10)24-12/h2-7H,1H3,(H2,19,20,21). The largest absolute Gasteiger partial charge is 0.383 e. The van der Waals surface area contributed by atoms with Crippen LogP contribution in [-0.2, 0) is 7.05 Å². The number of benzene rings is 1. The molecule has 5 nitrogen and oxygen atoms in total. The van der Waals surface area contributed by atoms with E-state index in [2.05, 4.69) is 15.0 Å². The zero-order valence-corrected chi connectivity index (χ0v) is 13.3. The Hall–Kier alpha value is -2.87. The fraction of sp³-hybridized carbons (Fsp3) is 0.0625. The average Bonchev–Trinajstić information content (AvgIpc) is 3.14. The van der Waals surface area contributed by atoms with E-state index in [-0.39, 0.29) is 5.56 Å². The van der Waals surface area contributed by atoms with Crippen LogP contribution in [0.25, 0.3) is 32.0 Å². The monoisotopic (exact) mass is 343 g/mol. The van der Waals surface area contributed by atoms with Crippen LogP contribution < -0.4 is 5.73 Å². The van der Waals surface area contributed by atoms with Crippen molar-refractivity contribution in [2.75, 3.05) is 5.73 Å². The molecule has 0 saturated heterocycles. The first-order chi connectivity index (χ1) is 11.5. The van der Waals surface area contributed by atoms with Gasteiger partial charge in [0.2, 0.25) is 0 Å². The lowest BCUT2D eigenvalue weighted by Crippen LogP contribution is -1.92. The fourth-order valence-electron chi connectivity index (χ4n) is 2.59. The SMILES string of the molecule is Cn1cnc(-c2cc(F)ccc2F)c1-c1cc2c(N)ncnc2s1. The Morgan fingerprint density at radius 3 is 2.75 bits per heavy atom. The van der Waals surface area contributed by atoms with E-state index < -0.39 is 11.6 Å². The van der Waals surface area contributed by atoms with Gasteiger partial charge in [-0.15, -0.1) is 11.3 Å². The minimum atomic E-state index is -0.531. The minimum absolute atomic E-state index is 0.113. The molecule has 0 fully saturated rings. The molecule has 0 radical (unpaired) electrons. The van der Waals surface area contributed by atoms with Crippen LogP contribution in [0.3, 0.4) is 0 Å². The van der Waals surface area contributed by atoms with Gasteiger partial charge in [0.05, 0.1) is 22.3 Å². The van der Waals surface area contributed by atoms with E-state index in [1.54, 1.807) is 17.9 Å². The van der Waals surface area contributed by atoms with Crippen LogP contribution in [0.5, 0.6) is 0 Å². The smallest absolute Gasteiger partial charge is 0.135 e. The highest BCUT2D eigenvalue weighted by Gasteiger charge is 2.19. The van der Waals surface area contributed by atoms with Crippen molar-refractivity contribution in [2.24, 2.45) is 7.05 Å². The predicted octanol–water partition coefficient (Wildman–Crippen LogP) is 3.62. The van der Waals surface area contributed by atoms with Crippen LogP contribution in [0.4, 0.5) is 14.6 Å². The highest BCUT2D eigenvalue weighted by Crippen LogP contribution is 2.39. The maximum atomic E-state index is 14.2. The number of nitrogens with two attached hydrogens (primary N) is 1. The van der Waals surface area contributed by atoms with E-state index in [4.69, 9.17) is 5.73 Å². The quantitative estimate of drug-likeness (QED) is 0.603. The molecular formula is C16H11F2N5S. The highest BCUT2D eigenvalue weighted by molar-refractivity contribution is 7.21. The number of hydrogen-bond acceptors (Lipinski definition) is 5. The minimum Gasteiger partial charge on any atom is -0.383 e. The summed E-state index contributed by atoms with van der Waals surface area (Å²) in [7, 11) is 1.79. The Bertz CT molecular complexity index is 1070. The number of hydrogen-bond donors (Lipinski definition) is 1. The molecule has 0 aliphatic heterocycles. The zero-order chi connectivity index (χ0) is 16.8. The number of anilines is 1. The molecule has 0 saturated carbocycles. The highest BCUT2D eigenvalue weighted by atomic mass is 32.1. The topological polar surface area (TPSA) is 69.6 Å². The van der Waals surface area contributed by atoms with E-state index in [1.807, 2.05) is 6.07 Å². The molecule has 3 heterocycles.